The Bertz CT molecular complexity index is 831. The molecule has 1 aliphatic heterocycles. The van der Waals surface area contributed by atoms with E-state index in [1.807, 2.05) is 0 Å². The summed E-state index contributed by atoms with van der Waals surface area (Å²) >= 11 is 0. The minimum atomic E-state index is -3.28. The number of sulfonamides is 1. The van der Waals surface area contributed by atoms with Crippen molar-refractivity contribution >= 4 is 33.8 Å². The number of fused-ring (bicyclic) bond motifs is 1. The van der Waals surface area contributed by atoms with Gasteiger partial charge in [-0.3, -0.25) is 0 Å². The predicted molar refractivity (Wildman–Crippen MR) is 132 cm³/mol. The quantitative estimate of drug-likeness (QED) is 0.621. The van der Waals surface area contributed by atoms with Gasteiger partial charge in [0, 0.05) is 30.4 Å². The van der Waals surface area contributed by atoms with Crippen molar-refractivity contribution < 1.29 is 13.2 Å². The lowest BCUT2D eigenvalue weighted by Gasteiger charge is -2.38. The molecule has 1 aliphatic carbocycles. The van der Waals surface area contributed by atoms with E-state index in [4.69, 9.17) is 4.74 Å². The summed E-state index contributed by atoms with van der Waals surface area (Å²) in [5.74, 6) is 1.51. The van der Waals surface area contributed by atoms with Gasteiger partial charge in [-0.25, -0.2) is 13.1 Å². The minimum Gasteiger partial charge on any atom is -0.487 e. The molecule has 6 nitrogen and oxygen atoms in total. The SMILES string of the molecule is CC1CN(C(C)C)c2ccc(NCC3CCC(NS(=O)(=O)C(C)(C)C)CC3)cc2O1.Cl. The van der Waals surface area contributed by atoms with Gasteiger partial charge in [-0.05, 0) is 85.3 Å². The summed E-state index contributed by atoms with van der Waals surface area (Å²) in [6, 6.07) is 6.91. The highest BCUT2D eigenvalue weighted by Crippen LogP contribution is 2.37. The molecule has 1 atom stereocenters. The second-order valence-corrected chi connectivity index (χ2v) is 12.7. The van der Waals surface area contributed by atoms with Crippen LogP contribution in [0.25, 0.3) is 0 Å². The fourth-order valence-electron chi connectivity index (χ4n) is 4.22. The zero-order chi connectivity index (χ0) is 22.1. The molecule has 0 aromatic heterocycles. The molecule has 1 aromatic rings. The van der Waals surface area contributed by atoms with E-state index in [-0.39, 0.29) is 24.6 Å². The number of benzene rings is 1. The number of anilines is 2. The highest BCUT2D eigenvalue weighted by Gasteiger charge is 2.33. The standard InChI is InChI=1S/C23H39N3O3S.ClH/c1-16(2)26-15-17(3)29-22-13-20(11-12-21(22)26)24-14-18-7-9-19(10-8-18)25-30(27,28)23(4,5)6;/h11-13,16-19,24-25H,7-10,14-15H2,1-6H3;1H. The van der Waals surface area contributed by atoms with Crippen LogP contribution in [0.15, 0.2) is 18.2 Å². The topological polar surface area (TPSA) is 70.7 Å². The molecular formula is C23H40ClN3O3S. The lowest BCUT2D eigenvalue weighted by molar-refractivity contribution is 0.209. The van der Waals surface area contributed by atoms with E-state index in [9.17, 15) is 8.42 Å². The minimum absolute atomic E-state index is 0. The van der Waals surface area contributed by atoms with Crippen LogP contribution >= 0.6 is 12.4 Å². The Morgan fingerprint density at radius 1 is 1.16 bits per heavy atom. The van der Waals surface area contributed by atoms with E-state index in [1.165, 1.54) is 5.69 Å². The highest BCUT2D eigenvalue weighted by molar-refractivity contribution is 7.90. The Hall–Kier alpha value is -1.18. The monoisotopic (exact) mass is 473 g/mol. The van der Waals surface area contributed by atoms with Crippen molar-refractivity contribution in [1.82, 2.24) is 4.72 Å². The molecule has 1 saturated carbocycles. The number of halogens is 1. The molecule has 0 radical (unpaired) electrons. The number of ether oxygens (including phenoxy) is 1. The molecule has 1 unspecified atom stereocenters. The molecule has 0 spiro atoms. The number of hydrogen-bond acceptors (Lipinski definition) is 5. The zero-order valence-corrected chi connectivity index (χ0v) is 21.4. The average molecular weight is 474 g/mol. The van der Waals surface area contributed by atoms with Crippen LogP contribution in [-0.4, -0.2) is 44.4 Å². The summed E-state index contributed by atoms with van der Waals surface area (Å²) in [5.41, 5.74) is 2.25. The van der Waals surface area contributed by atoms with Crippen molar-refractivity contribution in [2.75, 3.05) is 23.3 Å². The van der Waals surface area contributed by atoms with Gasteiger partial charge in [-0.15, -0.1) is 12.4 Å². The molecule has 8 heteroatoms. The van der Waals surface area contributed by atoms with Gasteiger partial charge in [0.25, 0.3) is 0 Å². The second-order valence-electron chi connectivity index (χ2n) is 10.2. The van der Waals surface area contributed by atoms with E-state index >= 15 is 0 Å². The average Bonchev–Trinajstić information content (AvgIpc) is 2.65. The van der Waals surface area contributed by atoms with Gasteiger partial charge >= 0.3 is 0 Å². The molecule has 2 aliphatic rings. The molecule has 1 fully saturated rings. The van der Waals surface area contributed by atoms with Crippen LogP contribution in [0.3, 0.4) is 0 Å². The third-order valence-electron chi connectivity index (χ3n) is 6.24. The van der Waals surface area contributed by atoms with Gasteiger partial charge in [-0.1, -0.05) is 0 Å². The summed E-state index contributed by atoms with van der Waals surface area (Å²) in [5, 5.41) is 3.57. The molecule has 3 rings (SSSR count). The van der Waals surface area contributed by atoms with E-state index in [2.05, 4.69) is 53.9 Å². The molecular weight excluding hydrogens is 434 g/mol. The molecule has 0 saturated heterocycles. The number of rotatable bonds is 6. The van der Waals surface area contributed by atoms with Crippen LogP contribution in [0, 0.1) is 5.92 Å². The maximum Gasteiger partial charge on any atom is 0.216 e. The van der Waals surface area contributed by atoms with Crippen molar-refractivity contribution in [3.05, 3.63) is 18.2 Å². The molecule has 31 heavy (non-hydrogen) atoms. The van der Waals surface area contributed by atoms with Crippen molar-refractivity contribution in [3.8, 4) is 5.75 Å². The number of nitrogens with zero attached hydrogens (tertiary/aromatic N) is 1. The Morgan fingerprint density at radius 3 is 2.39 bits per heavy atom. The van der Waals surface area contributed by atoms with E-state index in [0.717, 1.165) is 50.2 Å². The van der Waals surface area contributed by atoms with Gasteiger partial charge in [0.2, 0.25) is 10.0 Å². The Balaban J connectivity index is 0.00000341. The van der Waals surface area contributed by atoms with E-state index in [1.54, 1.807) is 20.8 Å². The fourth-order valence-corrected chi connectivity index (χ4v) is 5.25. The smallest absolute Gasteiger partial charge is 0.216 e. The van der Waals surface area contributed by atoms with E-state index in [0.29, 0.717) is 12.0 Å². The highest BCUT2D eigenvalue weighted by atomic mass is 35.5. The number of nitrogens with one attached hydrogen (secondary N) is 2. The fraction of sp³-hybridized carbons (Fsp3) is 0.739. The molecule has 0 amide bonds. The first-order valence-electron chi connectivity index (χ1n) is 11.3. The maximum absolute atomic E-state index is 12.4. The van der Waals surface area contributed by atoms with E-state index < -0.39 is 14.8 Å². The molecule has 0 bridgehead atoms. The molecule has 178 valence electrons. The van der Waals surface area contributed by atoms with Gasteiger partial charge < -0.3 is 15.0 Å². The Morgan fingerprint density at radius 2 is 1.81 bits per heavy atom. The summed E-state index contributed by atoms with van der Waals surface area (Å²) in [6.45, 7) is 13.6. The first-order chi connectivity index (χ1) is 14.0. The molecule has 1 aromatic carbocycles. The van der Waals surface area contributed by atoms with Crippen LogP contribution in [0.5, 0.6) is 5.75 Å². The largest absolute Gasteiger partial charge is 0.487 e. The lowest BCUT2D eigenvalue weighted by Crippen LogP contribution is -2.46. The van der Waals surface area contributed by atoms with Crippen molar-refractivity contribution in [2.24, 2.45) is 5.92 Å². The van der Waals surface area contributed by atoms with Crippen molar-refractivity contribution in [1.29, 1.82) is 0 Å². The summed E-state index contributed by atoms with van der Waals surface area (Å²) in [4.78, 5) is 2.40. The normalized spacial score (nSPS) is 24.2. The third kappa shape index (κ3) is 6.42. The first kappa shape index (κ1) is 26.1. The van der Waals surface area contributed by atoms with Crippen LogP contribution in [0.4, 0.5) is 11.4 Å². The summed E-state index contributed by atoms with van der Waals surface area (Å²) in [6.07, 6.45) is 4.04. The van der Waals surface area contributed by atoms with Crippen LogP contribution in [-0.2, 0) is 10.0 Å². The molecule has 2 N–H and O–H groups in total. The second kappa shape index (κ2) is 10.2. The third-order valence-corrected chi connectivity index (χ3v) is 8.50. The Kier molecular flexibility index (Phi) is 8.56. The van der Waals surface area contributed by atoms with Crippen molar-refractivity contribution in [3.63, 3.8) is 0 Å². The predicted octanol–water partition coefficient (Wildman–Crippen LogP) is 4.79. The van der Waals surface area contributed by atoms with Gasteiger partial charge in [0.05, 0.1) is 17.0 Å². The van der Waals surface area contributed by atoms with Gasteiger partial charge in [0.1, 0.15) is 11.9 Å². The van der Waals surface area contributed by atoms with Crippen molar-refractivity contribution in [2.45, 2.75) is 90.2 Å². The zero-order valence-electron chi connectivity index (χ0n) is 19.8. The maximum atomic E-state index is 12.4. The summed E-state index contributed by atoms with van der Waals surface area (Å²) in [7, 11) is -3.28. The van der Waals surface area contributed by atoms with Gasteiger partial charge in [0.15, 0.2) is 0 Å². The van der Waals surface area contributed by atoms with Gasteiger partial charge in [-0.2, -0.15) is 0 Å². The van der Waals surface area contributed by atoms with Crippen LogP contribution in [0.1, 0.15) is 67.2 Å². The van der Waals surface area contributed by atoms with Crippen LogP contribution < -0.4 is 19.7 Å². The number of hydrogen-bond donors (Lipinski definition) is 2. The molecule has 1 heterocycles. The van der Waals surface area contributed by atoms with Crippen LogP contribution in [0.2, 0.25) is 0 Å². The Labute approximate surface area is 195 Å². The summed E-state index contributed by atoms with van der Waals surface area (Å²) < 4.78 is 33.0. The lowest BCUT2D eigenvalue weighted by atomic mass is 9.86. The first-order valence-corrected chi connectivity index (χ1v) is 12.8.